The molecule has 0 aliphatic heterocycles. The molecule has 3 aromatic rings. The van der Waals surface area contributed by atoms with Crippen LogP contribution >= 0.6 is 0 Å². The molecule has 1 heterocycles. The zero-order chi connectivity index (χ0) is 20.9. The van der Waals surface area contributed by atoms with Crippen molar-refractivity contribution in [3.8, 4) is 11.8 Å². The van der Waals surface area contributed by atoms with Crippen molar-refractivity contribution < 1.29 is 18.0 Å². The van der Waals surface area contributed by atoms with Crippen molar-refractivity contribution in [2.24, 2.45) is 0 Å². The lowest BCUT2D eigenvalue weighted by Crippen LogP contribution is -2.30. The van der Waals surface area contributed by atoms with Gasteiger partial charge in [-0.05, 0) is 48.9 Å². The molecule has 0 saturated carbocycles. The van der Waals surface area contributed by atoms with Crippen molar-refractivity contribution in [2.45, 2.75) is 19.1 Å². The Morgan fingerprint density at radius 3 is 2.31 bits per heavy atom. The third-order valence-electron chi connectivity index (χ3n) is 4.25. The van der Waals surface area contributed by atoms with E-state index in [1.54, 1.807) is 55.6 Å². The number of hydrogen-bond acceptors (Lipinski definition) is 2. The van der Waals surface area contributed by atoms with Gasteiger partial charge in [0, 0.05) is 17.3 Å². The number of halogens is 3. The van der Waals surface area contributed by atoms with Gasteiger partial charge in [0.1, 0.15) is 0 Å². The van der Waals surface area contributed by atoms with Crippen molar-refractivity contribution in [1.29, 1.82) is 0 Å². The fraction of sp³-hybridized carbons (Fsp3) is 0.130. The molecule has 6 heteroatoms. The molecule has 2 aromatic carbocycles. The minimum Gasteiger partial charge on any atom is -0.339 e. The van der Waals surface area contributed by atoms with Crippen LogP contribution in [0.4, 0.5) is 13.2 Å². The van der Waals surface area contributed by atoms with Gasteiger partial charge in [-0.2, -0.15) is 13.2 Å². The van der Waals surface area contributed by atoms with Gasteiger partial charge in [0.2, 0.25) is 0 Å². The molecule has 1 aromatic heterocycles. The Bertz CT molecular complexity index is 1050. The minimum atomic E-state index is -4.44. The summed E-state index contributed by atoms with van der Waals surface area (Å²) in [4.78, 5) is 17.1. The third-order valence-corrected chi connectivity index (χ3v) is 4.25. The zero-order valence-corrected chi connectivity index (χ0v) is 15.5. The van der Waals surface area contributed by atoms with E-state index in [4.69, 9.17) is 0 Å². The Kier molecular flexibility index (Phi) is 5.99. The number of amides is 1. The van der Waals surface area contributed by atoms with Crippen LogP contribution in [0.2, 0.25) is 0 Å². The lowest BCUT2D eigenvalue weighted by atomic mass is 9.97. The second-order valence-corrected chi connectivity index (χ2v) is 6.20. The average molecular weight is 394 g/mol. The summed E-state index contributed by atoms with van der Waals surface area (Å²) in [6, 6.07) is 15.9. The van der Waals surface area contributed by atoms with E-state index in [0.29, 0.717) is 22.4 Å². The summed E-state index contributed by atoms with van der Waals surface area (Å²) in [5.74, 6) is 5.36. The van der Waals surface area contributed by atoms with Crippen LogP contribution in [0.25, 0.3) is 0 Å². The van der Waals surface area contributed by atoms with Crippen LogP contribution in [0.3, 0.4) is 0 Å². The number of hydrogen-bond donors (Lipinski definition) is 1. The molecule has 146 valence electrons. The van der Waals surface area contributed by atoms with E-state index in [1.807, 2.05) is 0 Å². The number of benzene rings is 2. The Balaban J connectivity index is 2.04. The second kappa shape index (κ2) is 8.61. The van der Waals surface area contributed by atoms with Crippen LogP contribution in [0.15, 0.2) is 72.9 Å². The standard InChI is InChI=1S/C23H17F3N2O/c1-2-7-16-10-6-15-27-20(16)21(28-22(29)18-8-4-3-5-9-18)17-11-13-19(14-12-17)23(24,25)26/h3-6,8-15,21H,1H3,(H,28,29). The predicted octanol–water partition coefficient (Wildman–Crippen LogP) is 4.99. The molecular formula is C23H17F3N2O. The minimum absolute atomic E-state index is 0.364. The summed E-state index contributed by atoms with van der Waals surface area (Å²) in [7, 11) is 0. The van der Waals surface area contributed by atoms with Gasteiger partial charge in [-0.15, -0.1) is 5.92 Å². The normalized spacial score (nSPS) is 11.9. The van der Waals surface area contributed by atoms with Crippen LogP contribution in [-0.4, -0.2) is 10.9 Å². The van der Waals surface area contributed by atoms with Gasteiger partial charge < -0.3 is 5.32 Å². The molecule has 3 rings (SSSR count). The molecule has 0 bridgehead atoms. The van der Waals surface area contributed by atoms with Gasteiger partial charge in [0.05, 0.1) is 17.3 Å². The fourth-order valence-electron chi connectivity index (χ4n) is 2.87. The van der Waals surface area contributed by atoms with Gasteiger partial charge in [0.15, 0.2) is 0 Å². The van der Waals surface area contributed by atoms with Crippen molar-refractivity contribution in [2.75, 3.05) is 0 Å². The molecule has 0 spiro atoms. The monoisotopic (exact) mass is 394 g/mol. The van der Waals surface area contributed by atoms with Crippen LogP contribution < -0.4 is 5.32 Å². The number of rotatable bonds is 4. The molecule has 1 unspecified atom stereocenters. The topological polar surface area (TPSA) is 42.0 Å². The first-order valence-electron chi connectivity index (χ1n) is 8.81. The SMILES string of the molecule is CC#Cc1cccnc1C(NC(=O)c1ccccc1)c1ccc(C(F)(F)F)cc1. The van der Waals surface area contributed by atoms with Crippen molar-refractivity contribution >= 4 is 5.91 Å². The van der Waals surface area contributed by atoms with E-state index in [-0.39, 0.29) is 5.91 Å². The summed E-state index contributed by atoms with van der Waals surface area (Å²) >= 11 is 0. The molecule has 1 atom stereocenters. The Hall–Kier alpha value is -3.59. The number of carbonyl (C=O) groups excluding carboxylic acids is 1. The number of pyridine rings is 1. The Morgan fingerprint density at radius 1 is 1.00 bits per heavy atom. The zero-order valence-electron chi connectivity index (χ0n) is 15.5. The van der Waals surface area contributed by atoms with E-state index in [0.717, 1.165) is 12.1 Å². The molecule has 0 aliphatic carbocycles. The lowest BCUT2D eigenvalue weighted by Gasteiger charge is -2.21. The van der Waals surface area contributed by atoms with Gasteiger partial charge in [-0.3, -0.25) is 9.78 Å². The molecule has 0 radical (unpaired) electrons. The number of aromatic nitrogens is 1. The molecule has 0 aliphatic rings. The number of nitrogens with one attached hydrogen (secondary N) is 1. The van der Waals surface area contributed by atoms with E-state index in [2.05, 4.69) is 22.1 Å². The smallest absolute Gasteiger partial charge is 0.339 e. The molecular weight excluding hydrogens is 377 g/mol. The molecule has 3 nitrogen and oxygen atoms in total. The number of nitrogens with zero attached hydrogens (tertiary/aromatic N) is 1. The van der Waals surface area contributed by atoms with Gasteiger partial charge in [-0.1, -0.05) is 36.3 Å². The maximum absolute atomic E-state index is 12.9. The Morgan fingerprint density at radius 2 is 1.69 bits per heavy atom. The summed E-state index contributed by atoms with van der Waals surface area (Å²) in [6.07, 6.45) is -2.88. The first-order valence-corrected chi connectivity index (χ1v) is 8.81. The highest BCUT2D eigenvalue weighted by Crippen LogP contribution is 2.31. The molecule has 1 N–H and O–H groups in total. The summed E-state index contributed by atoms with van der Waals surface area (Å²) in [5.41, 5.74) is 1.20. The maximum atomic E-state index is 12.9. The quantitative estimate of drug-likeness (QED) is 0.634. The second-order valence-electron chi connectivity index (χ2n) is 6.20. The molecule has 29 heavy (non-hydrogen) atoms. The highest BCUT2D eigenvalue weighted by atomic mass is 19.4. The van der Waals surface area contributed by atoms with E-state index < -0.39 is 17.8 Å². The average Bonchev–Trinajstić information content (AvgIpc) is 2.73. The molecule has 0 saturated heterocycles. The van der Waals surface area contributed by atoms with Crippen LogP contribution in [0, 0.1) is 11.8 Å². The van der Waals surface area contributed by atoms with Crippen LogP contribution in [0.5, 0.6) is 0 Å². The largest absolute Gasteiger partial charge is 0.416 e. The van der Waals surface area contributed by atoms with Crippen LogP contribution in [-0.2, 0) is 6.18 Å². The highest BCUT2D eigenvalue weighted by Gasteiger charge is 2.31. The summed E-state index contributed by atoms with van der Waals surface area (Å²) in [5, 5.41) is 2.87. The van der Waals surface area contributed by atoms with E-state index in [1.165, 1.54) is 12.1 Å². The third kappa shape index (κ3) is 4.82. The summed E-state index contributed by atoms with van der Waals surface area (Å²) in [6.45, 7) is 1.67. The predicted molar refractivity (Wildman–Crippen MR) is 104 cm³/mol. The number of carbonyl (C=O) groups is 1. The van der Waals surface area contributed by atoms with Gasteiger partial charge in [-0.25, -0.2) is 0 Å². The van der Waals surface area contributed by atoms with Gasteiger partial charge in [0.25, 0.3) is 5.91 Å². The molecule has 0 fully saturated rings. The van der Waals surface area contributed by atoms with Crippen molar-refractivity contribution in [3.05, 3.63) is 101 Å². The maximum Gasteiger partial charge on any atom is 0.416 e. The fourth-order valence-corrected chi connectivity index (χ4v) is 2.87. The van der Waals surface area contributed by atoms with Crippen molar-refractivity contribution in [3.63, 3.8) is 0 Å². The number of alkyl halides is 3. The summed E-state index contributed by atoms with van der Waals surface area (Å²) < 4.78 is 38.8. The van der Waals surface area contributed by atoms with Crippen molar-refractivity contribution in [1.82, 2.24) is 10.3 Å². The van der Waals surface area contributed by atoms with Crippen LogP contribution in [0.1, 0.15) is 45.7 Å². The first-order chi connectivity index (χ1) is 13.9. The highest BCUT2D eigenvalue weighted by molar-refractivity contribution is 5.94. The van der Waals surface area contributed by atoms with Gasteiger partial charge >= 0.3 is 6.18 Å². The van der Waals surface area contributed by atoms with E-state index in [9.17, 15) is 18.0 Å². The van der Waals surface area contributed by atoms with E-state index >= 15 is 0 Å². The first kappa shape index (κ1) is 20.2. The Labute approximate surface area is 166 Å². The lowest BCUT2D eigenvalue weighted by molar-refractivity contribution is -0.137. The molecule has 1 amide bonds.